The fraction of sp³-hybridized carbons (Fsp3) is 0.381. The molecule has 1 saturated heterocycles. The summed E-state index contributed by atoms with van der Waals surface area (Å²) in [5.74, 6) is -0.761. The molecule has 0 unspecified atom stereocenters. The van der Waals surface area contributed by atoms with Gasteiger partial charge in [0, 0.05) is 26.2 Å². The second-order valence-corrected chi connectivity index (χ2v) is 8.98. The molecule has 8 heteroatoms. The molecule has 0 aliphatic carbocycles. The van der Waals surface area contributed by atoms with Crippen LogP contribution in [0.25, 0.3) is 0 Å². The number of amides is 1. The van der Waals surface area contributed by atoms with Crippen LogP contribution >= 0.6 is 0 Å². The monoisotopic (exact) mass is 419 g/mol. The number of sulfonamides is 1. The molecule has 1 amide bonds. The van der Waals surface area contributed by atoms with Gasteiger partial charge in [-0.25, -0.2) is 12.8 Å². The zero-order valence-electron chi connectivity index (χ0n) is 16.7. The number of nitrogens with zero attached hydrogens (tertiary/aromatic N) is 3. The normalized spacial score (nSPS) is 15.3. The Labute approximate surface area is 171 Å². The van der Waals surface area contributed by atoms with Gasteiger partial charge in [0.25, 0.3) is 10.0 Å². The minimum atomic E-state index is -4.02. The van der Waals surface area contributed by atoms with E-state index >= 15 is 0 Å². The minimum absolute atomic E-state index is 0.0527. The summed E-state index contributed by atoms with van der Waals surface area (Å²) in [6.45, 7) is 7.31. The van der Waals surface area contributed by atoms with Crippen molar-refractivity contribution >= 4 is 21.6 Å². The predicted molar refractivity (Wildman–Crippen MR) is 111 cm³/mol. The molecule has 2 aromatic rings. The summed E-state index contributed by atoms with van der Waals surface area (Å²) >= 11 is 0. The number of halogens is 1. The molecular weight excluding hydrogens is 393 g/mol. The fourth-order valence-electron chi connectivity index (χ4n) is 3.30. The highest BCUT2D eigenvalue weighted by molar-refractivity contribution is 7.92. The Kier molecular flexibility index (Phi) is 6.54. The third-order valence-electron chi connectivity index (χ3n) is 5.17. The molecule has 1 heterocycles. The average Bonchev–Trinajstić information content (AvgIpc) is 2.73. The van der Waals surface area contributed by atoms with Crippen molar-refractivity contribution in [3.63, 3.8) is 0 Å². The Morgan fingerprint density at radius 1 is 1.00 bits per heavy atom. The van der Waals surface area contributed by atoms with E-state index in [1.165, 1.54) is 12.1 Å². The quantitative estimate of drug-likeness (QED) is 0.722. The summed E-state index contributed by atoms with van der Waals surface area (Å²) < 4.78 is 40.9. The van der Waals surface area contributed by atoms with Crippen molar-refractivity contribution in [2.45, 2.75) is 18.7 Å². The number of benzene rings is 2. The van der Waals surface area contributed by atoms with E-state index in [-0.39, 0.29) is 17.3 Å². The van der Waals surface area contributed by atoms with Gasteiger partial charge in [-0.3, -0.25) is 9.10 Å². The van der Waals surface area contributed by atoms with E-state index in [0.29, 0.717) is 18.8 Å². The van der Waals surface area contributed by atoms with Crippen LogP contribution in [0.2, 0.25) is 0 Å². The maximum Gasteiger partial charge on any atom is 0.264 e. The van der Waals surface area contributed by atoms with E-state index in [1.54, 1.807) is 29.2 Å². The van der Waals surface area contributed by atoms with Gasteiger partial charge < -0.3 is 9.80 Å². The number of anilines is 1. The Balaban J connectivity index is 1.88. The van der Waals surface area contributed by atoms with Crippen LogP contribution in [0.15, 0.2) is 53.4 Å². The third kappa shape index (κ3) is 4.94. The van der Waals surface area contributed by atoms with Gasteiger partial charge in [0.05, 0.1) is 10.6 Å². The Morgan fingerprint density at radius 3 is 2.14 bits per heavy atom. The van der Waals surface area contributed by atoms with Gasteiger partial charge in [-0.2, -0.15) is 0 Å². The summed E-state index contributed by atoms with van der Waals surface area (Å²) in [4.78, 5) is 16.8. The van der Waals surface area contributed by atoms with Gasteiger partial charge in [0.15, 0.2) is 0 Å². The second kappa shape index (κ2) is 8.92. The van der Waals surface area contributed by atoms with Crippen molar-refractivity contribution in [3.8, 4) is 0 Å². The van der Waals surface area contributed by atoms with Crippen LogP contribution in [0.5, 0.6) is 0 Å². The number of hydrogen-bond acceptors (Lipinski definition) is 4. The van der Waals surface area contributed by atoms with E-state index in [4.69, 9.17) is 0 Å². The summed E-state index contributed by atoms with van der Waals surface area (Å²) in [6.07, 6.45) is 0. The highest BCUT2D eigenvalue weighted by Gasteiger charge is 2.30. The number of carbonyl (C=O) groups excluding carboxylic acids is 1. The van der Waals surface area contributed by atoms with Crippen LogP contribution in [0.1, 0.15) is 12.5 Å². The standard InChI is InChI=1S/C21H26FN3O3S/c1-3-23-12-14-24(15-13-23)21(26)16-25(19-8-4-17(2)5-9-19)29(27,28)20-10-6-18(22)7-11-20/h4-11H,3,12-16H2,1-2H3. The van der Waals surface area contributed by atoms with E-state index in [2.05, 4.69) is 11.8 Å². The Hall–Kier alpha value is -2.45. The van der Waals surface area contributed by atoms with Gasteiger partial charge in [-0.15, -0.1) is 0 Å². The molecule has 0 aromatic heterocycles. The summed E-state index contributed by atoms with van der Waals surface area (Å²) in [5.41, 5.74) is 1.38. The third-order valence-corrected chi connectivity index (χ3v) is 6.96. The number of rotatable bonds is 6. The molecule has 0 atom stereocenters. The molecular formula is C21H26FN3O3S. The molecule has 156 valence electrons. The molecule has 0 spiro atoms. The lowest BCUT2D eigenvalue weighted by Gasteiger charge is -2.35. The van der Waals surface area contributed by atoms with Crippen molar-refractivity contribution in [1.29, 1.82) is 0 Å². The summed E-state index contributed by atoms with van der Waals surface area (Å²) in [6, 6.07) is 11.6. The molecule has 0 saturated carbocycles. The minimum Gasteiger partial charge on any atom is -0.339 e. The Morgan fingerprint density at radius 2 is 1.59 bits per heavy atom. The van der Waals surface area contributed by atoms with Crippen molar-refractivity contribution in [1.82, 2.24) is 9.80 Å². The van der Waals surface area contributed by atoms with E-state index < -0.39 is 15.8 Å². The largest absolute Gasteiger partial charge is 0.339 e. The highest BCUT2D eigenvalue weighted by atomic mass is 32.2. The maximum absolute atomic E-state index is 13.3. The molecule has 0 N–H and O–H groups in total. The smallest absolute Gasteiger partial charge is 0.264 e. The lowest BCUT2D eigenvalue weighted by Crippen LogP contribution is -2.51. The maximum atomic E-state index is 13.3. The van der Waals surface area contributed by atoms with Crippen molar-refractivity contribution in [3.05, 3.63) is 59.9 Å². The number of likely N-dealkylation sites (N-methyl/N-ethyl adjacent to an activating group) is 1. The van der Waals surface area contributed by atoms with E-state index in [1.807, 2.05) is 6.92 Å². The van der Waals surface area contributed by atoms with E-state index in [0.717, 1.165) is 41.6 Å². The first-order valence-corrected chi connectivity index (χ1v) is 11.1. The number of piperazine rings is 1. The molecule has 1 aliphatic rings. The van der Waals surface area contributed by atoms with Crippen LogP contribution in [-0.2, 0) is 14.8 Å². The fourth-order valence-corrected chi connectivity index (χ4v) is 4.71. The average molecular weight is 420 g/mol. The van der Waals surface area contributed by atoms with Gasteiger partial charge in [-0.05, 0) is 49.9 Å². The lowest BCUT2D eigenvalue weighted by molar-refractivity contribution is -0.131. The van der Waals surface area contributed by atoms with Gasteiger partial charge in [-0.1, -0.05) is 24.6 Å². The molecule has 2 aromatic carbocycles. The predicted octanol–water partition coefficient (Wildman–Crippen LogP) is 2.49. The van der Waals surface area contributed by atoms with Crippen LogP contribution in [-0.4, -0.2) is 63.4 Å². The first-order valence-electron chi connectivity index (χ1n) is 9.66. The zero-order valence-corrected chi connectivity index (χ0v) is 17.5. The summed E-state index contributed by atoms with van der Waals surface area (Å²) in [7, 11) is -4.02. The zero-order chi connectivity index (χ0) is 21.0. The molecule has 0 radical (unpaired) electrons. The van der Waals surface area contributed by atoms with Gasteiger partial charge in [0.1, 0.15) is 12.4 Å². The van der Waals surface area contributed by atoms with Crippen molar-refractivity contribution in [2.24, 2.45) is 0 Å². The first-order chi connectivity index (χ1) is 13.8. The Bertz CT molecular complexity index is 938. The molecule has 6 nitrogen and oxygen atoms in total. The number of carbonyl (C=O) groups is 1. The van der Waals surface area contributed by atoms with Crippen molar-refractivity contribution in [2.75, 3.05) is 43.6 Å². The van der Waals surface area contributed by atoms with Crippen molar-refractivity contribution < 1.29 is 17.6 Å². The van der Waals surface area contributed by atoms with Crippen LogP contribution in [0.3, 0.4) is 0 Å². The molecule has 0 bridgehead atoms. The topological polar surface area (TPSA) is 60.9 Å². The molecule has 1 aliphatic heterocycles. The van der Waals surface area contributed by atoms with E-state index in [9.17, 15) is 17.6 Å². The number of aryl methyl sites for hydroxylation is 1. The molecule has 3 rings (SSSR count). The highest BCUT2D eigenvalue weighted by Crippen LogP contribution is 2.24. The van der Waals surface area contributed by atoms with Crippen LogP contribution < -0.4 is 4.31 Å². The SMILES string of the molecule is CCN1CCN(C(=O)CN(c2ccc(C)cc2)S(=O)(=O)c2ccc(F)cc2)CC1. The first kappa shape index (κ1) is 21.3. The molecule has 29 heavy (non-hydrogen) atoms. The van der Waals surface area contributed by atoms with Gasteiger partial charge >= 0.3 is 0 Å². The van der Waals surface area contributed by atoms with Gasteiger partial charge in [0.2, 0.25) is 5.91 Å². The van der Waals surface area contributed by atoms with Crippen LogP contribution in [0.4, 0.5) is 10.1 Å². The second-order valence-electron chi connectivity index (χ2n) is 7.12. The summed E-state index contributed by atoms with van der Waals surface area (Å²) in [5, 5.41) is 0. The van der Waals surface area contributed by atoms with Crippen LogP contribution in [0, 0.1) is 12.7 Å². The lowest BCUT2D eigenvalue weighted by atomic mass is 10.2. The number of hydrogen-bond donors (Lipinski definition) is 0. The molecule has 1 fully saturated rings.